The molecule has 0 bridgehead atoms. The molecular weight excluding hydrogens is 396 g/mol. The van der Waals surface area contributed by atoms with Crippen LogP contribution in [0.3, 0.4) is 0 Å². The van der Waals surface area contributed by atoms with Gasteiger partial charge in [-0.15, -0.1) is 0 Å². The number of rotatable bonds is 9. The average molecular weight is 435 g/mol. The highest BCUT2D eigenvalue weighted by Crippen LogP contribution is 2.66. The Hall–Kier alpha value is -1.18. The minimum Gasteiger partial charge on any atom is -0.497 e. The van der Waals surface area contributed by atoms with E-state index in [1.807, 2.05) is 31.2 Å². The molecule has 1 spiro atoms. The van der Waals surface area contributed by atoms with Crippen molar-refractivity contribution in [3.8, 4) is 5.75 Å². The fraction of sp³-hybridized carbons (Fsp3) is 0.760. The molecule has 6 heteroatoms. The van der Waals surface area contributed by atoms with Gasteiger partial charge in [0.2, 0.25) is 0 Å². The fourth-order valence-corrected chi connectivity index (χ4v) is 6.54. The van der Waals surface area contributed by atoms with Gasteiger partial charge >= 0.3 is 0 Å². The number of aliphatic hydroxyl groups is 2. The largest absolute Gasteiger partial charge is 0.497 e. The topological polar surface area (TPSA) is 77.4 Å². The second-order valence-electron chi connectivity index (χ2n) is 9.71. The Balaban J connectivity index is 1.39. The summed E-state index contributed by atoms with van der Waals surface area (Å²) < 4.78 is 23.2. The van der Waals surface area contributed by atoms with Gasteiger partial charge in [-0.25, -0.2) is 0 Å². The molecule has 4 rings (SSSR count). The number of hydrogen-bond donors (Lipinski definition) is 2. The Labute approximate surface area is 185 Å². The monoisotopic (exact) mass is 434 g/mol. The van der Waals surface area contributed by atoms with Gasteiger partial charge in [-0.3, -0.25) is 0 Å². The van der Waals surface area contributed by atoms with Crippen molar-refractivity contribution in [1.29, 1.82) is 0 Å². The fourth-order valence-electron chi connectivity index (χ4n) is 6.54. The molecule has 1 unspecified atom stereocenters. The van der Waals surface area contributed by atoms with E-state index in [2.05, 4.69) is 6.92 Å². The zero-order chi connectivity index (χ0) is 22.1. The molecule has 1 aliphatic heterocycles. The highest BCUT2D eigenvalue weighted by Gasteiger charge is 2.71. The second-order valence-corrected chi connectivity index (χ2v) is 9.71. The molecule has 2 saturated carbocycles. The number of methoxy groups -OCH3 is 1. The molecule has 2 N–H and O–H groups in total. The smallest absolute Gasteiger partial charge is 0.158 e. The van der Waals surface area contributed by atoms with E-state index in [0.29, 0.717) is 51.4 Å². The summed E-state index contributed by atoms with van der Waals surface area (Å²) in [5, 5.41) is 22.9. The maximum absolute atomic E-state index is 11.9. The van der Waals surface area contributed by atoms with Crippen LogP contribution in [0.15, 0.2) is 24.3 Å². The van der Waals surface area contributed by atoms with Gasteiger partial charge in [-0.2, -0.15) is 0 Å². The molecule has 6 nitrogen and oxygen atoms in total. The van der Waals surface area contributed by atoms with E-state index in [1.165, 1.54) is 0 Å². The molecule has 1 saturated heterocycles. The lowest BCUT2D eigenvalue weighted by molar-refractivity contribution is -0.181. The van der Waals surface area contributed by atoms with Crippen LogP contribution < -0.4 is 4.74 Å². The Kier molecular flexibility index (Phi) is 6.94. The highest BCUT2D eigenvalue weighted by atomic mass is 16.7. The lowest BCUT2D eigenvalue weighted by Gasteiger charge is -2.50. The summed E-state index contributed by atoms with van der Waals surface area (Å²) in [5.74, 6) is 1.63. The molecule has 1 heterocycles. The normalized spacial score (nSPS) is 39.3. The molecule has 7 atom stereocenters. The Bertz CT molecular complexity index is 723. The van der Waals surface area contributed by atoms with Crippen molar-refractivity contribution in [3.63, 3.8) is 0 Å². The third-order valence-corrected chi connectivity index (χ3v) is 7.92. The summed E-state index contributed by atoms with van der Waals surface area (Å²) in [7, 11) is 1.65. The van der Waals surface area contributed by atoms with Gasteiger partial charge in [0, 0.05) is 25.0 Å². The van der Waals surface area contributed by atoms with Gasteiger partial charge in [0.1, 0.15) is 5.75 Å². The molecule has 2 aliphatic carbocycles. The molecule has 0 radical (unpaired) electrons. The average Bonchev–Trinajstić information content (AvgIpc) is 3.22. The van der Waals surface area contributed by atoms with Gasteiger partial charge in [0.05, 0.1) is 31.5 Å². The van der Waals surface area contributed by atoms with E-state index >= 15 is 0 Å². The molecule has 31 heavy (non-hydrogen) atoms. The highest BCUT2D eigenvalue weighted by molar-refractivity contribution is 5.26. The van der Waals surface area contributed by atoms with Crippen LogP contribution in [0.2, 0.25) is 0 Å². The zero-order valence-corrected chi connectivity index (χ0v) is 19.1. The van der Waals surface area contributed by atoms with Crippen LogP contribution in [0.25, 0.3) is 0 Å². The van der Waals surface area contributed by atoms with Crippen LogP contribution >= 0.6 is 0 Å². The number of benzene rings is 1. The minimum atomic E-state index is -1.15. The van der Waals surface area contributed by atoms with E-state index < -0.39 is 17.1 Å². The van der Waals surface area contributed by atoms with E-state index in [1.54, 1.807) is 7.11 Å². The Morgan fingerprint density at radius 3 is 2.65 bits per heavy atom. The Morgan fingerprint density at radius 1 is 1.16 bits per heavy atom. The quantitative estimate of drug-likeness (QED) is 0.578. The first-order chi connectivity index (χ1) is 14.9. The molecule has 1 aromatic carbocycles. The minimum absolute atomic E-state index is 0.0554. The van der Waals surface area contributed by atoms with Crippen molar-refractivity contribution >= 4 is 0 Å². The maximum atomic E-state index is 11.9. The summed E-state index contributed by atoms with van der Waals surface area (Å²) in [6.07, 6.45) is 3.41. The van der Waals surface area contributed by atoms with Gasteiger partial charge in [-0.1, -0.05) is 19.1 Å². The third-order valence-electron chi connectivity index (χ3n) is 7.92. The molecular formula is C25H38O6. The van der Waals surface area contributed by atoms with Crippen molar-refractivity contribution < 1.29 is 29.2 Å². The number of aliphatic hydroxyl groups excluding tert-OH is 1. The second kappa shape index (κ2) is 9.36. The summed E-state index contributed by atoms with van der Waals surface area (Å²) in [5.41, 5.74) is -0.490. The van der Waals surface area contributed by atoms with E-state index in [4.69, 9.17) is 18.9 Å². The molecule has 174 valence electrons. The molecule has 3 aliphatic rings. The van der Waals surface area contributed by atoms with Crippen molar-refractivity contribution in [2.24, 2.45) is 17.3 Å². The number of hydrogen-bond acceptors (Lipinski definition) is 6. The van der Waals surface area contributed by atoms with Crippen LogP contribution in [0.4, 0.5) is 0 Å². The van der Waals surface area contributed by atoms with E-state index in [9.17, 15) is 10.2 Å². The molecule has 0 aromatic heterocycles. The van der Waals surface area contributed by atoms with Crippen molar-refractivity contribution in [3.05, 3.63) is 29.8 Å². The summed E-state index contributed by atoms with van der Waals surface area (Å²) in [6, 6.07) is 7.84. The zero-order valence-electron chi connectivity index (χ0n) is 19.1. The lowest BCUT2D eigenvalue weighted by Crippen LogP contribution is -2.58. The number of ether oxygens (including phenoxy) is 4. The van der Waals surface area contributed by atoms with Crippen LogP contribution in [-0.4, -0.2) is 54.6 Å². The first-order valence-corrected chi connectivity index (χ1v) is 11.8. The van der Waals surface area contributed by atoms with Crippen molar-refractivity contribution in [2.75, 3.05) is 20.3 Å². The predicted octanol–water partition coefficient (Wildman–Crippen LogP) is 3.67. The van der Waals surface area contributed by atoms with Crippen LogP contribution in [0.1, 0.15) is 57.9 Å². The summed E-state index contributed by atoms with van der Waals surface area (Å²) in [4.78, 5) is 0. The van der Waals surface area contributed by atoms with Gasteiger partial charge in [0.25, 0.3) is 0 Å². The standard InChI is InChI=1S/C25H38O6/c1-4-30-23-15-24-19(12-17(2)13-22(24)31-23)14-21(26)25(24,27)10-5-11-29-16-18-6-8-20(28-3)9-7-18/h6-9,17,19,21-23,26-27H,4-5,10-16H2,1-3H3/t17-,19+,21-,22-,23?,24-,25+/m1/s1. The van der Waals surface area contributed by atoms with Crippen LogP contribution in [0.5, 0.6) is 5.75 Å². The maximum Gasteiger partial charge on any atom is 0.158 e. The molecule has 0 amide bonds. The Morgan fingerprint density at radius 2 is 1.94 bits per heavy atom. The summed E-state index contributed by atoms with van der Waals surface area (Å²) >= 11 is 0. The molecule has 1 aromatic rings. The first-order valence-electron chi connectivity index (χ1n) is 11.8. The third kappa shape index (κ3) is 4.13. The van der Waals surface area contributed by atoms with Crippen molar-refractivity contribution in [2.45, 2.75) is 83.1 Å². The van der Waals surface area contributed by atoms with E-state index in [-0.39, 0.29) is 18.3 Å². The summed E-state index contributed by atoms with van der Waals surface area (Å²) in [6.45, 7) is 5.87. The van der Waals surface area contributed by atoms with Gasteiger partial charge in [0.15, 0.2) is 6.29 Å². The van der Waals surface area contributed by atoms with E-state index in [0.717, 1.165) is 24.2 Å². The van der Waals surface area contributed by atoms with Crippen LogP contribution in [-0.2, 0) is 20.8 Å². The van der Waals surface area contributed by atoms with Gasteiger partial charge < -0.3 is 29.2 Å². The first kappa shape index (κ1) is 23.0. The van der Waals surface area contributed by atoms with Crippen LogP contribution in [0, 0.1) is 17.3 Å². The van der Waals surface area contributed by atoms with Gasteiger partial charge in [-0.05, 0) is 68.6 Å². The SMILES string of the molecule is CCOC1C[C@@]23[C@@H](C[C@@H](C)C[C@H]2O1)C[C@@H](O)[C@@]3(O)CCCOCc1ccc(OC)cc1. The lowest BCUT2D eigenvalue weighted by atomic mass is 9.57. The van der Waals surface area contributed by atoms with Crippen molar-refractivity contribution in [1.82, 2.24) is 0 Å². The molecule has 3 fully saturated rings. The predicted molar refractivity (Wildman–Crippen MR) is 117 cm³/mol.